The highest BCUT2D eigenvalue weighted by Crippen LogP contribution is 2.45. The molecule has 6 nitrogen and oxygen atoms in total. The molecule has 1 N–H and O–H groups in total. The quantitative estimate of drug-likeness (QED) is 0.781. The second-order valence-corrected chi connectivity index (χ2v) is 8.20. The summed E-state index contributed by atoms with van der Waals surface area (Å²) in [5.41, 5.74) is 4.54. The van der Waals surface area contributed by atoms with Crippen molar-refractivity contribution in [3.05, 3.63) is 54.4 Å². The second-order valence-electron chi connectivity index (χ2n) is 8.20. The van der Waals surface area contributed by atoms with Crippen molar-refractivity contribution < 1.29 is 9.53 Å². The number of benzene rings is 2. The Morgan fingerprint density at radius 2 is 1.67 bits per heavy atom. The van der Waals surface area contributed by atoms with Crippen LogP contribution in [-0.4, -0.2) is 39.2 Å². The van der Waals surface area contributed by atoms with Crippen LogP contribution < -0.4 is 24.8 Å². The number of nitrogens with zero attached hydrogens (tertiary/aromatic N) is 3. The minimum Gasteiger partial charge on any atom is -0.490 e. The van der Waals surface area contributed by atoms with Crippen LogP contribution in [0.3, 0.4) is 0 Å². The van der Waals surface area contributed by atoms with Gasteiger partial charge >= 0.3 is 0 Å². The van der Waals surface area contributed by atoms with Gasteiger partial charge in [-0.25, -0.2) is 0 Å². The molecule has 6 heteroatoms. The van der Waals surface area contributed by atoms with E-state index < -0.39 is 0 Å². The Hall–Kier alpha value is -3.15. The maximum absolute atomic E-state index is 13.2. The number of carbonyl (C=O) groups is 1. The lowest BCUT2D eigenvalue weighted by atomic mass is 10.1. The third-order valence-corrected chi connectivity index (χ3v) is 5.78. The Balaban J connectivity index is 1.72. The molecular formula is C24H30N4O2. The maximum Gasteiger partial charge on any atom is 0.259 e. The van der Waals surface area contributed by atoms with E-state index in [1.165, 1.54) is 0 Å². The molecule has 0 atom stereocenters. The summed E-state index contributed by atoms with van der Waals surface area (Å²) in [6.07, 6.45) is 2.32. The molecule has 0 saturated carbocycles. The van der Waals surface area contributed by atoms with Crippen molar-refractivity contribution in [1.29, 1.82) is 0 Å². The number of hydrogen-bond donors (Lipinski definition) is 1. The summed E-state index contributed by atoms with van der Waals surface area (Å²) >= 11 is 0. The number of anilines is 4. The minimum atomic E-state index is -0.167. The molecule has 0 unspecified atom stereocenters. The van der Waals surface area contributed by atoms with E-state index in [0.29, 0.717) is 11.3 Å². The van der Waals surface area contributed by atoms with E-state index in [-0.39, 0.29) is 12.0 Å². The molecule has 158 valence electrons. The SMILES string of the molecule is C=C1N(C)c2cc(NC(=O)c3ccccc3OC(C)C)c(N3CCCC3)cc2N1C. The Labute approximate surface area is 178 Å². The first-order chi connectivity index (χ1) is 14.4. The van der Waals surface area contributed by atoms with Gasteiger partial charge in [0.25, 0.3) is 5.91 Å². The molecule has 0 radical (unpaired) electrons. The molecule has 0 spiro atoms. The van der Waals surface area contributed by atoms with Gasteiger partial charge in [0.15, 0.2) is 0 Å². The summed E-state index contributed by atoms with van der Waals surface area (Å²) in [5.74, 6) is 1.34. The molecule has 1 amide bonds. The van der Waals surface area contributed by atoms with Crippen LogP contribution in [0.1, 0.15) is 37.0 Å². The van der Waals surface area contributed by atoms with Crippen molar-refractivity contribution in [2.45, 2.75) is 32.8 Å². The van der Waals surface area contributed by atoms with E-state index in [1.807, 2.05) is 46.1 Å². The van der Waals surface area contributed by atoms with E-state index in [0.717, 1.165) is 54.5 Å². The molecule has 0 bridgehead atoms. The van der Waals surface area contributed by atoms with Gasteiger partial charge in [-0.05, 0) is 51.0 Å². The molecule has 2 aliphatic rings. The molecule has 2 heterocycles. The van der Waals surface area contributed by atoms with Gasteiger partial charge in [-0.1, -0.05) is 18.7 Å². The fraction of sp³-hybridized carbons (Fsp3) is 0.375. The fourth-order valence-corrected chi connectivity index (χ4v) is 4.13. The molecule has 2 aliphatic heterocycles. The van der Waals surface area contributed by atoms with Crippen LogP contribution >= 0.6 is 0 Å². The zero-order valence-electron chi connectivity index (χ0n) is 18.2. The number of ether oxygens (including phenoxy) is 1. The summed E-state index contributed by atoms with van der Waals surface area (Å²) in [6, 6.07) is 11.6. The summed E-state index contributed by atoms with van der Waals surface area (Å²) in [4.78, 5) is 19.7. The zero-order chi connectivity index (χ0) is 21.4. The van der Waals surface area contributed by atoms with Gasteiger partial charge in [0, 0.05) is 27.2 Å². The van der Waals surface area contributed by atoms with Gasteiger partial charge in [0.1, 0.15) is 11.6 Å². The smallest absolute Gasteiger partial charge is 0.259 e. The number of para-hydroxylation sites is 1. The summed E-state index contributed by atoms with van der Waals surface area (Å²) in [7, 11) is 4.02. The Kier molecular flexibility index (Phi) is 5.33. The van der Waals surface area contributed by atoms with E-state index in [1.54, 1.807) is 6.07 Å². The number of nitrogens with one attached hydrogen (secondary N) is 1. The Morgan fingerprint density at radius 3 is 2.33 bits per heavy atom. The predicted octanol–water partition coefficient (Wildman–Crippen LogP) is 4.68. The standard InChI is InChI=1S/C24H30N4O2/c1-16(2)30-23-11-7-6-10-18(23)24(29)25-19-14-21-22(27(5)17(3)26(21)4)15-20(19)28-12-8-9-13-28/h6-7,10-11,14-16H,3,8-9,12-13H2,1-2,4-5H3,(H,25,29). The number of hydrogen-bond acceptors (Lipinski definition) is 5. The van der Waals surface area contributed by atoms with Crippen LogP contribution in [0.4, 0.5) is 22.7 Å². The van der Waals surface area contributed by atoms with E-state index in [4.69, 9.17) is 4.74 Å². The first-order valence-electron chi connectivity index (χ1n) is 10.5. The van der Waals surface area contributed by atoms with Crippen LogP contribution in [-0.2, 0) is 0 Å². The Bertz CT molecular complexity index is 979. The second kappa shape index (κ2) is 7.94. The average molecular weight is 407 g/mol. The molecule has 4 rings (SSSR count). The fourth-order valence-electron chi connectivity index (χ4n) is 4.13. The summed E-state index contributed by atoms with van der Waals surface area (Å²) in [5, 5.41) is 3.16. The summed E-state index contributed by atoms with van der Waals surface area (Å²) in [6.45, 7) is 10.1. The molecule has 2 aromatic rings. The monoisotopic (exact) mass is 406 g/mol. The molecular weight excluding hydrogens is 376 g/mol. The van der Waals surface area contributed by atoms with Crippen molar-refractivity contribution in [1.82, 2.24) is 0 Å². The maximum atomic E-state index is 13.2. The number of fused-ring (bicyclic) bond motifs is 1. The normalized spacial score (nSPS) is 15.8. The first kappa shape index (κ1) is 20.1. The third kappa shape index (κ3) is 3.58. The molecule has 0 aliphatic carbocycles. The van der Waals surface area contributed by atoms with Crippen molar-refractivity contribution in [3.63, 3.8) is 0 Å². The Morgan fingerprint density at radius 1 is 1.03 bits per heavy atom. The predicted molar refractivity (Wildman–Crippen MR) is 124 cm³/mol. The highest BCUT2D eigenvalue weighted by Gasteiger charge is 2.29. The van der Waals surface area contributed by atoms with Gasteiger partial charge in [-0.15, -0.1) is 0 Å². The van der Waals surface area contributed by atoms with Crippen molar-refractivity contribution in [3.8, 4) is 5.75 Å². The first-order valence-corrected chi connectivity index (χ1v) is 10.5. The van der Waals surface area contributed by atoms with E-state index >= 15 is 0 Å². The van der Waals surface area contributed by atoms with Crippen molar-refractivity contribution >= 4 is 28.7 Å². The highest BCUT2D eigenvalue weighted by atomic mass is 16.5. The summed E-state index contributed by atoms with van der Waals surface area (Å²) < 4.78 is 5.86. The topological polar surface area (TPSA) is 48.1 Å². The number of rotatable bonds is 5. The average Bonchev–Trinajstić information content (AvgIpc) is 3.32. The molecule has 30 heavy (non-hydrogen) atoms. The number of carbonyl (C=O) groups excluding carboxylic acids is 1. The molecule has 1 saturated heterocycles. The van der Waals surface area contributed by atoms with Crippen LogP contribution in [0.5, 0.6) is 5.75 Å². The molecule has 0 aromatic heterocycles. The van der Waals surface area contributed by atoms with Crippen LogP contribution in [0, 0.1) is 0 Å². The zero-order valence-corrected chi connectivity index (χ0v) is 18.2. The number of amides is 1. The van der Waals surface area contributed by atoms with Crippen molar-refractivity contribution in [2.24, 2.45) is 0 Å². The van der Waals surface area contributed by atoms with E-state index in [9.17, 15) is 4.79 Å². The van der Waals surface area contributed by atoms with Crippen LogP contribution in [0.25, 0.3) is 0 Å². The van der Waals surface area contributed by atoms with Crippen LogP contribution in [0.2, 0.25) is 0 Å². The lowest BCUT2D eigenvalue weighted by Gasteiger charge is -2.24. The van der Waals surface area contributed by atoms with E-state index in [2.05, 4.69) is 38.7 Å². The highest BCUT2D eigenvalue weighted by molar-refractivity contribution is 6.09. The third-order valence-electron chi connectivity index (χ3n) is 5.78. The lowest BCUT2D eigenvalue weighted by molar-refractivity contribution is 0.102. The minimum absolute atomic E-state index is 0.00527. The van der Waals surface area contributed by atoms with Crippen molar-refractivity contribution in [2.75, 3.05) is 47.2 Å². The van der Waals surface area contributed by atoms with Gasteiger partial charge in [0.05, 0.1) is 34.4 Å². The van der Waals surface area contributed by atoms with Gasteiger partial charge in [-0.3, -0.25) is 4.79 Å². The largest absolute Gasteiger partial charge is 0.490 e. The molecule has 1 fully saturated rings. The van der Waals surface area contributed by atoms with Gasteiger partial charge < -0.3 is 24.8 Å². The lowest BCUT2D eigenvalue weighted by Crippen LogP contribution is -2.22. The van der Waals surface area contributed by atoms with Crippen LogP contribution in [0.15, 0.2) is 48.8 Å². The van der Waals surface area contributed by atoms with Gasteiger partial charge in [0.2, 0.25) is 0 Å². The molecule has 2 aromatic carbocycles. The van der Waals surface area contributed by atoms with Gasteiger partial charge in [-0.2, -0.15) is 0 Å².